The molecule has 1 aromatic carbocycles. The van der Waals surface area contributed by atoms with E-state index in [0.717, 1.165) is 48.3 Å². The fraction of sp³-hybridized carbons (Fsp3) is 0.600. The van der Waals surface area contributed by atoms with Gasteiger partial charge in [-0.15, -0.1) is 0 Å². The molecule has 4 nitrogen and oxygen atoms in total. The molecule has 0 radical (unpaired) electrons. The Balaban J connectivity index is 1.56. The molecule has 1 aromatic rings. The Morgan fingerprint density at radius 1 is 1.25 bits per heavy atom. The van der Waals surface area contributed by atoms with E-state index < -0.39 is 0 Å². The van der Waals surface area contributed by atoms with Crippen LogP contribution >= 0.6 is 15.9 Å². The molecule has 1 aliphatic carbocycles. The Morgan fingerprint density at radius 3 is 2.90 bits per heavy atom. The number of aliphatic hydroxyl groups excluding tert-OH is 1. The summed E-state index contributed by atoms with van der Waals surface area (Å²) in [6.07, 6.45) is 2.91. The predicted molar refractivity (Wildman–Crippen MR) is 80.2 cm³/mol. The molecule has 110 valence electrons. The predicted octanol–water partition coefficient (Wildman–Crippen LogP) is 2.47. The summed E-state index contributed by atoms with van der Waals surface area (Å²) in [7, 11) is 0. The largest absolute Gasteiger partial charge is 0.486 e. The number of nitrogens with one attached hydrogen (secondary N) is 1. The minimum atomic E-state index is -0.0924. The van der Waals surface area contributed by atoms with Crippen molar-refractivity contribution < 1.29 is 14.6 Å². The molecule has 0 bridgehead atoms. The lowest BCUT2D eigenvalue weighted by Crippen LogP contribution is -2.22. The molecule has 3 rings (SSSR count). The molecule has 0 amide bonds. The summed E-state index contributed by atoms with van der Waals surface area (Å²) in [5.74, 6) is 2.23. The lowest BCUT2D eigenvalue weighted by Gasteiger charge is -2.20. The van der Waals surface area contributed by atoms with Gasteiger partial charge in [0.05, 0.1) is 10.6 Å². The summed E-state index contributed by atoms with van der Waals surface area (Å²) >= 11 is 3.53. The van der Waals surface area contributed by atoms with Crippen molar-refractivity contribution in [3.63, 3.8) is 0 Å². The zero-order valence-electron chi connectivity index (χ0n) is 11.4. The highest BCUT2D eigenvalue weighted by molar-refractivity contribution is 9.10. The van der Waals surface area contributed by atoms with Gasteiger partial charge in [-0.25, -0.2) is 0 Å². The average molecular weight is 342 g/mol. The van der Waals surface area contributed by atoms with Crippen molar-refractivity contribution >= 4 is 15.9 Å². The van der Waals surface area contributed by atoms with Crippen molar-refractivity contribution in [2.75, 3.05) is 19.8 Å². The summed E-state index contributed by atoms with van der Waals surface area (Å²) in [5.41, 5.74) is 1.18. The summed E-state index contributed by atoms with van der Waals surface area (Å²) in [4.78, 5) is 0. The number of rotatable bonds is 4. The quantitative estimate of drug-likeness (QED) is 0.883. The second kappa shape index (κ2) is 6.33. The third-order valence-electron chi connectivity index (χ3n) is 3.93. The van der Waals surface area contributed by atoms with Crippen molar-refractivity contribution in [3.05, 3.63) is 22.2 Å². The number of aliphatic hydroxyl groups is 1. The van der Waals surface area contributed by atoms with Crippen LogP contribution in [0.4, 0.5) is 0 Å². The van der Waals surface area contributed by atoms with E-state index >= 15 is 0 Å². The molecule has 0 saturated heterocycles. The van der Waals surface area contributed by atoms with Crippen molar-refractivity contribution in [3.8, 4) is 11.5 Å². The van der Waals surface area contributed by atoms with Crippen LogP contribution in [0, 0.1) is 5.92 Å². The fourth-order valence-electron chi connectivity index (χ4n) is 2.92. The fourth-order valence-corrected chi connectivity index (χ4v) is 3.52. The molecule has 5 heteroatoms. The highest BCUT2D eigenvalue weighted by Gasteiger charge is 2.22. The Labute approximate surface area is 127 Å². The van der Waals surface area contributed by atoms with Crippen LogP contribution in [0.2, 0.25) is 0 Å². The lowest BCUT2D eigenvalue weighted by molar-refractivity contribution is 0.170. The second-order valence-corrected chi connectivity index (χ2v) is 6.42. The number of fused-ring (bicyclic) bond motifs is 1. The first-order valence-electron chi connectivity index (χ1n) is 7.19. The lowest BCUT2D eigenvalue weighted by atomic mass is 10.1. The summed E-state index contributed by atoms with van der Waals surface area (Å²) in [6, 6.07) is 4.11. The normalized spacial score (nSPS) is 24.9. The Bertz CT molecular complexity index is 480. The molecule has 2 aliphatic rings. The number of ether oxygens (including phenoxy) is 2. The third kappa shape index (κ3) is 3.27. The van der Waals surface area contributed by atoms with Gasteiger partial charge in [-0.05, 0) is 65.4 Å². The van der Waals surface area contributed by atoms with E-state index in [0.29, 0.717) is 19.1 Å². The molecule has 1 fully saturated rings. The minimum Gasteiger partial charge on any atom is -0.486 e. The van der Waals surface area contributed by atoms with E-state index in [9.17, 15) is 5.11 Å². The van der Waals surface area contributed by atoms with Crippen LogP contribution in [-0.2, 0) is 6.54 Å². The maximum absolute atomic E-state index is 9.52. The summed E-state index contributed by atoms with van der Waals surface area (Å²) in [5, 5.41) is 13.0. The van der Waals surface area contributed by atoms with E-state index in [2.05, 4.69) is 27.3 Å². The smallest absolute Gasteiger partial charge is 0.175 e. The SMILES string of the molecule is OC1CCC(CNCc2cc(Br)c3c(c2)OCCO3)C1. The molecule has 1 saturated carbocycles. The summed E-state index contributed by atoms with van der Waals surface area (Å²) < 4.78 is 12.2. The van der Waals surface area contributed by atoms with Crippen LogP contribution in [0.25, 0.3) is 0 Å². The Kier molecular flexibility index (Phi) is 4.48. The number of halogens is 1. The van der Waals surface area contributed by atoms with Gasteiger partial charge in [-0.3, -0.25) is 0 Å². The van der Waals surface area contributed by atoms with Crippen LogP contribution < -0.4 is 14.8 Å². The Hall–Kier alpha value is -0.780. The van der Waals surface area contributed by atoms with Crippen LogP contribution in [0.5, 0.6) is 11.5 Å². The van der Waals surface area contributed by atoms with Gasteiger partial charge in [0.2, 0.25) is 0 Å². The van der Waals surface area contributed by atoms with Crippen LogP contribution in [0.15, 0.2) is 16.6 Å². The van der Waals surface area contributed by atoms with Crippen LogP contribution in [0.1, 0.15) is 24.8 Å². The molecule has 0 aromatic heterocycles. The van der Waals surface area contributed by atoms with E-state index in [4.69, 9.17) is 9.47 Å². The van der Waals surface area contributed by atoms with E-state index in [-0.39, 0.29) is 6.10 Å². The Morgan fingerprint density at radius 2 is 2.10 bits per heavy atom. The van der Waals surface area contributed by atoms with Crippen molar-refractivity contribution in [1.82, 2.24) is 5.32 Å². The molecule has 1 aliphatic heterocycles. The van der Waals surface area contributed by atoms with E-state index in [1.165, 1.54) is 5.56 Å². The number of hydrogen-bond acceptors (Lipinski definition) is 4. The van der Waals surface area contributed by atoms with Gasteiger partial charge >= 0.3 is 0 Å². The highest BCUT2D eigenvalue weighted by Crippen LogP contribution is 2.38. The van der Waals surface area contributed by atoms with E-state index in [1.54, 1.807) is 0 Å². The first-order chi connectivity index (χ1) is 9.72. The molecular formula is C15H20BrNO3. The number of benzene rings is 1. The third-order valence-corrected chi connectivity index (χ3v) is 4.52. The van der Waals surface area contributed by atoms with Crippen LogP contribution in [-0.4, -0.2) is 31.0 Å². The number of hydrogen-bond donors (Lipinski definition) is 2. The van der Waals surface area contributed by atoms with Gasteiger partial charge in [-0.2, -0.15) is 0 Å². The van der Waals surface area contributed by atoms with Gasteiger partial charge in [-0.1, -0.05) is 0 Å². The standard InChI is InChI=1S/C15H20BrNO3/c16-13-6-11(7-14-15(13)20-4-3-19-14)9-17-8-10-1-2-12(18)5-10/h6-7,10,12,17-18H,1-5,8-9H2. The van der Waals surface area contributed by atoms with Gasteiger partial charge in [0.15, 0.2) is 11.5 Å². The van der Waals surface area contributed by atoms with Gasteiger partial charge < -0.3 is 19.9 Å². The zero-order valence-corrected chi connectivity index (χ0v) is 13.0. The van der Waals surface area contributed by atoms with Gasteiger partial charge in [0, 0.05) is 6.54 Å². The minimum absolute atomic E-state index is 0.0924. The molecule has 2 N–H and O–H groups in total. The second-order valence-electron chi connectivity index (χ2n) is 5.57. The highest BCUT2D eigenvalue weighted by atomic mass is 79.9. The molecule has 1 heterocycles. The monoisotopic (exact) mass is 341 g/mol. The zero-order chi connectivity index (χ0) is 13.9. The maximum Gasteiger partial charge on any atom is 0.175 e. The topological polar surface area (TPSA) is 50.7 Å². The molecule has 0 spiro atoms. The molecule has 2 atom stereocenters. The van der Waals surface area contributed by atoms with Crippen molar-refractivity contribution in [2.45, 2.75) is 31.9 Å². The summed E-state index contributed by atoms with van der Waals surface area (Å²) in [6.45, 7) is 2.98. The first kappa shape index (κ1) is 14.2. The molecule has 20 heavy (non-hydrogen) atoms. The van der Waals surface area contributed by atoms with Gasteiger partial charge in [0.1, 0.15) is 13.2 Å². The van der Waals surface area contributed by atoms with Gasteiger partial charge in [0.25, 0.3) is 0 Å². The van der Waals surface area contributed by atoms with Crippen molar-refractivity contribution in [1.29, 1.82) is 0 Å². The van der Waals surface area contributed by atoms with E-state index in [1.807, 2.05) is 6.07 Å². The average Bonchev–Trinajstić information content (AvgIpc) is 2.85. The molecular weight excluding hydrogens is 322 g/mol. The maximum atomic E-state index is 9.52. The van der Waals surface area contributed by atoms with Crippen molar-refractivity contribution in [2.24, 2.45) is 5.92 Å². The molecule has 2 unspecified atom stereocenters. The first-order valence-corrected chi connectivity index (χ1v) is 7.98. The van der Waals surface area contributed by atoms with Crippen LogP contribution in [0.3, 0.4) is 0 Å².